The zero-order valence-corrected chi connectivity index (χ0v) is 6.25. The Morgan fingerprint density at radius 1 is 1.60 bits per heavy atom. The molecular weight excluding hydrogens is 142 g/mol. The summed E-state index contributed by atoms with van der Waals surface area (Å²) < 4.78 is 0. The lowest BCUT2D eigenvalue weighted by molar-refractivity contribution is 1.12. The van der Waals surface area contributed by atoms with Crippen LogP contribution < -0.4 is 0 Å². The average molecular weight is 149 g/mol. The molecule has 1 heterocycles. The van der Waals surface area contributed by atoms with Gasteiger partial charge in [0.05, 0.1) is 5.69 Å². The van der Waals surface area contributed by atoms with E-state index in [9.17, 15) is 0 Å². The Hall–Kier alpha value is -0.940. The second-order valence-corrected chi connectivity index (χ2v) is 2.34. The molecule has 0 aromatic carbocycles. The Balaban J connectivity index is 2.88. The van der Waals surface area contributed by atoms with E-state index in [0.717, 1.165) is 5.69 Å². The number of thiol groups is 1. The summed E-state index contributed by atoms with van der Waals surface area (Å²) in [6, 6.07) is 5.60. The number of hydrogen-bond donors (Lipinski definition) is 1. The molecule has 0 saturated carbocycles. The lowest BCUT2D eigenvalue weighted by Gasteiger charge is -1.99. The van der Waals surface area contributed by atoms with Crippen LogP contribution >= 0.6 is 12.6 Å². The van der Waals surface area contributed by atoms with E-state index >= 15 is 0 Å². The molecule has 1 unspecified atom stereocenters. The largest absolute Gasteiger partial charge is 0.259 e. The summed E-state index contributed by atoms with van der Waals surface area (Å²) in [4.78, 5) is 4.03. The number of aromatic nitrogens is 1. The summed E-state index contributed by atoms with van der Waals surface area (Å²) >= 11 is 4.12. The van der Waals surface area contributed by atoms with Crippen LogP contribution in [0.2, 0.25) is 0 Å². The van der Waals surface area contributed by atoms with E-state index < -0.39 is 0 Å². The summed E-state index contributed by atoms with van der Waals surface area (Å²) in [7, 11) is 0. The van der Waals surface area contributed by atoms with Crippen molar-refractivity contribution >= 4 is 12.6 Å². The third-order valence-corrected chi connectivity index (χ3v) is 1.54. The van der Waals surface area contributed by atoms with E-state index in [1.807, 2.05) is 18.2 Å². The van der Waals surface area contributed by atoms with Gasteiger partial charge in [-0.05, 0) is 12.1 Å². The molecule has 1 nitrogen and oxygen atoms in total. The smallest absolute Gasteiger partial charge is 0.105 e. The zero-order chi connectivity index (χ0) is 7.40. The van der Waals surface area contributed by atoms with Crippen molar-refractivity contribution < 1.29 is 0 Å². The summed E-state index contributed by atoms with van der Waals surface area (Å²) in [6.07, 6.45) is 6.84. The highest BCUT2D eigenvalue weighted by Crippen LogP contribution is 2.14. The maximum atomic E-state index is 5.14. The predicted octanol–water partition coefficient (Wildman–Crippen LogP) is 1.69. The number of nitrogens with zero attached hydrogens (tertiary/aromatic N) is 1. The third kappa shape index (κ3) is 1.52. The molecular formula is C8H7NS. The zero-order valence-electron chi connectivity index (χ0n) is 5.36. The van der Waals surface area contributed by atoms with Gasteiger partial charge in [0.25, 0.3) is 0 Å². The molecule has 1 rings (SSSR count). The van der Waals surface area contributed by atoms with E-state index in [2.05, 4.69) is 23.5 Å². The van der Waals surface area contributed by atoms with Crippen molar-refractivity contribution in [1.82, 2.24) is 4.98 Å². The molecule has 0 fully saturated rings. The topological polar surface area (TPSA) is 12.9 Å². The van der Waals surface area contributed by atoms with Crippen molar-refractivity contribution in [1.29, 1.82) is 0 Å². The monoisotopic (exact) mass is 149 g/mol. The van der Waals surface area contributed by atoms with Crippen LogP contribution in [-0.4, -0.2) is 4.98 Å². The van der Waals surface area contributed by atoms with Crippen LogP contribution in [-0.2, 0) is 0 Å². The molecule has 0 amide bonds. The minimum absolute atomic E-state index is 0.179. The molecule has 2 heteroatoms. The maximum Gasteiger partial charge on any atom is 0.105 e. The van der Waals surface area contributed by atoms with Gasteiger partial charge in [-0.25, -0.2) is 0 Å². The number of pyridine rings is 1. The minimum atomic E-state index is -0.179. The molecule has 10 heavy (non-hydrogen) atoms. The van der Waals surface area contributed by atoms with Crippen molar-refractivity contribution in [2.24, 2.45) is 0 Å². The summed E-state index contributed by atoms with van der Waals surface area (Å²) in [5.41, 5.74) is 0.827. The van der Waals surface area contributed by atoms with Crippen LogP contribution in [0.25, 0.3) is 0 Å². The lowest BCUT2D eigenvalue weighted by atomic mass is 10.3. The average Bonchev–Trinajstić information content (AvgIpc) is 2.05. The minimum Gasteiger partial charge on any atom is -0.259 e. The van der Waals surface area contributed by atoms with Gasteiger partial charge < -0.3 is 0 Å². The van der Waals surface area contributed by atoms with Crippen LogP contribution in [0.3, 0.4) is 0 Å². The van der Waals surface area contributed by atoms with E-state index in [1.165, 1.54) is 0 Å². The Labute approximate surface area is 65.9 Å². The normalized spacial score (nSPS) is 12.0. The number of terminal acetylenes is 1. The summed E-state index contributed by atoms with van der Waals surface area (Å²) in [6.45, 7) is 0. The highest BCUT2D eigenvalue weighted by Gasteiger charge is 1.99. The lowest BCUT2D eigenvalue weighted by Crippen LogP contribution is -1.88. The molecule has 50 valence electrons. The SMILES string of the molecule is C#CC(S)c1ccccn1. The Morgan fingerprint density at radius 2 is 2.40 bits per heavy atom. The Bertz CT molecular complexity index is 237. The molecule has 0 aliphatic heterocycles. The maximum absolute atomic E-state index is 5.14. The van der Waals surface area contributed by atoms with E-state index in [0.29, 0.717) is 0 Å². The summed E-state index contributed by atoms with van der Waals surface area (Å²) in [5, 5.41) is -0.179. The van der Waals surface area contributed by atoms with Gasteiger partial charge in [0.15, 0.2) is 0 Å². The van der Waals surface area contributed by atoms with Gasteiger partial charge in [-0.1, -0.05) is 12.0 Å². The predicted molar refractivity (Wildman–Crippen MR) is 44.8 cm³/mol. The van der Waals surface area contributed by atoms with Crippen molar-refractivity contribution in [3.05, 3.63) is 30.1 Å². The van der Waals surface area contributed by atoms with Gasteiger partial charge in [-0.2, -0.15) is 12.6 Å². The van der Waals surface area contributed by atoms with Crippen LogP contribution in [0.15, 0.2) is 24.4 Å². The molecule has 0 N–H and O–H groups in total. The molecule has 0 bridgehead atoms. The first kappa shape index (κ1) is 7.17. The van der Waals surface area contributed by atoms with E-state index in [1.54, 1.807) is 6.20 Å². The standard InChI is InChI=1S/C8H7NS/c1-2-8(10)7-5-3-4-6-9-7/h1,3-6,8,10H. The fraction of sp³-hybridized carbons (Fsp3) is 0.125. The molecule has 0 aliphatic carbocycles. The van der Waals surface area contributed by atoms with Crippen molar-refractivity contribution in [2.75, 3.05) is 0 Å². The molecule has 0 radical (unpaired) electrons. The molecule has 1 aromatic rings. The second-order valence-electron chi connectivity index (χ2n) is 1.82. The van der Waals surface area contributed by atoms with E-state index in [-0.39, 0.29) is 5.25 Å². The highest BCUT2D eigenvalue weighted by molar-refractivity contribution is 7.80. The van der Waals surface area contributed by atoms with Crippen molar-refractivity contribution in [3.63, 3.8) is 0 Å². The van der Waals surface area contributed by atoms with Crippen molar-refractivity contribution in [2.45, 2.75) is 5.25 Å². The van der Waals surface area contributed by atoms with Crippen LogP contribution in [0.4, 0.5) is 0 Å². The Morgan fingerprint density at radius 3 is 2.90 bits per heavy atom. The second kappa shape index (κ2) is 3.28. The van der Waals surface area contributed by atoms with Gasteiger partial charge in [0.1, 0.15) is 5.25 Å². The number of hydrogen-bond acceptors (Lipinski definition) is 2. The number of rotatable bonds is 1. The first-order valence-corrected chi connectivity index (χ1v) is 3.41. The van der Waals surface area contributed by atoms with Gasteiger partial charge in [-0.3, -0.25) is 4.98 Å². The third-order valence-electron chi connectivity index (χ3n) is 1.13. The van der Waals surface area contributed by atoms with Crippen LogP contribution in [0, 0.1) is 12.3 Å². The fourth-order valence-electron chi connectivity index (χ4n) is 0.623. The van der Waals surface area contributed by atoms with Gasteiger partial charge in [-0.15, -0.1) is 6.42 Å². The molecule has 0 aliphatic rings. The molecule has 0 saturated heterocycles. The van der Waals surface area contributed by atoms with Crippen LogP contribution in [0.5, 0.6) is 0 Å². The Kier molecular flexibility index (Phi) is 2.35. The van der Waals surface area contributed by atoms with Crippen molar-refractivity contribution in [3.8, 4) is 12.3 Å². The first-order chi connectivity index (χ1) is 4.84. The van der Waals surface area contributed by atoms with Gasteiger partial charge in [0, 0.05) is 6.20 Å². The fourth-order valence-corrected chi connectivity index (χ4v) is 0.776. The quantitative estimate of drug-likeness (QED) is 0.473. The molecule has 1 atom stereocenters. The molecule has 1 aromatic heterocycles. The highest BCUT2D eigenvalue weighted by atomic mass is 32.1. The summed E-state index contributed by atoms with van der Waals surface area (Å²) in [5.74, 6) is 2.48. The van der Waals surface area contributed by atoms with Crippen LogP contribution in [0.1, 0.15) is 10.9 Å². The van der Waals surface area contributed by atoms with Gasteiger partial charge in [0.2, 0.25) is 0 Å². The van der Waals surface area contributed by atoms with E-state index in [4.69, 9.17) is 6.42 Å². The first-order valence-electron chi connectivity index (χ1n) is 2.89. The van der Waals surface area contributed by atoms with Gasteiger partial charge >= 0.3 is 0 Å². The molecule has 0 spiro atoms.